The number of carbonyl (C=O) groups is 2. The van der Waals surface area contributed by atoms with Crippen molar-refractivity contribution in [2.24, 2.45) is 4.99 Å². The molecule has 0 bridgehead atoms. The highest BCUT2D eigenvalue weighted by Crippen LogP contribution is 2.37. The van der Waals surface area contributed by atoms with E-state index in [4.69, 9.17) is 9.47 Å². The topological polar surface area (TPSA) is 68.2 Å². The number of carbonyl (C=O) groups excluding carboxylic acids is 2. The van der Waals surface area contributed by atoms with Crippen molar-refractivity contribution in [3.8, 4) is 5.75 Å². The predicted octanol–water partition coefficient (Wildman–Crippen LogP) is 7.20. The highest BCUT2D eigenvalue weighted by atomic mass is 79.9. The van der Waals surface area contributed by atoms with Crippen LogP contribution in [0.4, 0.5) is 5.69 Å². The highest BCUT2D eigenvalue weighted by molar-refractivity contribution is 9.10. The lowest BCUT2D eigenvalue weighted by Crippen LogP contribution is -2.23. The molecule has 190 valence electrons. The Balaban J connectivity index is 1.49. The summed E-state index contributed by atoms with van der Waals surface area (Å²) in [5, 5.41) is 2.55. The number of benzene rings is 4. The van der Waals surface area contributed by atoms with Gasteiger partial charge < -0.3 is 9.47 Å². The summed E-state index contributed by atoms with van der Waals surface area (Å²) in [5.41, 5.74) is 2.82. The second kappa shape index (κ2) is 11.2. The van der Waals surface area contributed by atoms with Gasteiger partial charge >= 0.3 is 5.97 Å². The Morgan fingerprint density at radius 1 is 1.03 bits per heavy atom. The molecule has 0 saturated carbocycles. The van der Waals surface area contributed by atoms with Crippen LogP contribution < -0.4 is 4.74 Å². The van der Waals surface area contributed by atoms with E-state index < -0.39 is 5.97 Å². The van der Waals surface area contributed by atoms with Gasteiger partial charge in [0.15, 0.2) is 5.17 Å². The number of rotatable bonds is 6. The molecule has 8 heteroatoms. The predicted molar refractivity (Wildman–Crippen MR) is 156 cm³/mol. The molecule has 0 aromatic heterocycles. The SMILES string of the molecule is COC(=O)c1cccc(N=C2SC(=Cc3c(OCc4ccc(Br)cc4)ccc4ccccc34)C(=O)N2C)c1. The number of thioether (sulfide) groups is 1. The van der Waals surface area contributed by atoms with Crippen molar-refractivity contribution in [1.29, 1.82) is 0 Å². The van der Waals surface area contributed by atoms with Crippen LogP contribution in [0, 0.1) is 0 Å². The monoisotopic (exact) mass is 586 g/mol. The molecule has 1 fully saturated rings. The first-order chi connectivity index (χ1) is 18.4. The number of amides is 1. The molecule has 1 aliphatic heterocycles. The van der Waals surface area contributed by atoms with Crippen molar-refractivity contribution in [3.63, 3.8) is 0 Å². The number of aliphatic imine (C=N–C) groups is 1. The molecule has 0 N–H and O–H groups in total. The fourth-order valence-electron chi connectivity index (χ4n) is 4.01. The van der Waals surface area contributed by atoms with Crippen LogP contribution in [0.15, 0.2) is 99.3 Å². The molecular formula is C30H23BrN2O4S. The molecule has 1 amide bonds. The number of halogens is 1. The third-order valence-corrected chi connectivity index (χ3v) is 7.60. The minimum Gasteiger partial charge on any atom is -0.488 e. The van der Waals surface area contributed by atoms with Crippen LogP contribution in [-0.4, -0.2) is 36.1 Å². The van der Waals surface area contributed by atoms with E-state index in [0.29, 0.717) is 33.7 Å². The zero-order valence-corrected chi connectivity index (χ0v) is 23.1. The lowest BCUT2D eigenvalue weighted by Gasteiger charge is -2.13. The maximum atomic E-state index is 13.2. The van der Waals surface area contributed by atoms with E-state index in [1.165, 1.54) is 23.8 Å². The number of nitrogens with zero attached hydrogens (tertiary/aromatic N) is 2. The third-order valence-electron chi connectivity index (χ3n) is 6.01. The molecule has 0 spiro atoms. The van der Waals surface area contributed by atoms with Crippen LogP contribution >= 0.6 is 27.7 Å². The molecule has 0 atom stereocenters. The van der Waals surface area contributed by atoms with Gasteiger partial charge in [-0.05, 0) is 70.6 Å². The fourth-order valence-corrected chi connectivity index (χ4v) is 5.24. The Morgan fingerprint density at radius 2 is 1.82 bits per heavy atom. The van der Waals surface area contributed by atoms with Crippen LogP contribution in [0.3, 0.4) is 0 Å². The van der Waals surface area contributed by atoms with Gasteiger partial charge in [-0.1, -0.05) is 64.5 Å². The van der Waals surface area contributed by atoms with E-state index in [2.05, 4.69) is 20.9 Å². The van der Waals surface area contributed by atoms with Crippen LogP contribution in [0.1, 0.15) is 21.5 Å². The lowest BCUT2D eigenvalue weighted by molar-refractivity contribution is -0.121. The lowest BCUT2D eigenvalue weighted by atomic mass is 10.0. The Bertz CT molecular complexity index is 1600. The number of hydrogen-bond donors (Lipinski definition) is 0. The minimum absolute atomic E-state index is 0.162. The molecule has 6 nitrogen and oxygen atoms in total. The summed E-state index contributed by atoms with van der Waals surface area (Å²) in [6, 6.07) is 26.7. The zero-order valence-electron chi connectivity index (χ0n) is 20.7. The Kier molecular flexibility index (Phi) is 7.62. The smallest absolute Gasteiger partial charge is 0.337 e. The van der Waals surface area contributed by atoms with E-state index in [9.17, 15) is 9.59 Å². The van der Waals surface area contributed by atoms with E-state index >= 15 is 0 Å². The highest BCUT2D eigenvalue weighted by Gasteiger charge is 2.31. The molecule has 0 unspecified atom stereocenters. The standard InChI is InChI=1S/C30H23BrN2O4S/c1-33-28(34)27(38-30(33)32-23-8-5-7-21(16-23)29(35)36-2)17-25-24-9-4-3-6-20(24)12-15-26(25)37-18-19-10-13-22(31)14-11-19/h3-17H,18H2,1-2H3. The van der Waals surface area contributed by atoms with Gasteiger partial charge in [0.25, 0.3) is 5.91 Å². The fraction of sp³-hybridized carbons (Fsp3) is 0.100. The molecule has 1 heterocycles. The van der Waals surface area contributed by atoms with Gasteiger partial charge in [0.1, 0.15) is 12.4 Å². The second-order valence-corrected chi connectivity index (χ2v) is 10.4. The van der Waals surface area contributed by atoms with Gasteiger partial charge in [0.05, 0.1) is 23.3 Å². The third kappa shape index (κ3) is 5.51. The largest absolute Gasteiger partial charge is 0.488 e. The number of methoxy groups -OCH3 is 1. The van der Waals surface area contributed by atoms with E-state index in [-0.39, 0.29) is 5.91 Å². The maximum absolute atomic E-state index is 13.2. The molecule has 1 aliphatic rings. The molecular weight excluding hydrogens is 564 g/mol. The number of likely N-dealkylation sites (N-methyl/N-ethyl adjacent to an activating group) is 1. The number of hydrogen-bond acceptors (Lipinski definition) is 6. The first kappa shape index (κ1) is 25.8. The van der Waals surface area contributed by atoms with Crippen molar-refractivity contribution < 1.29 is 19.1 Å². The quantitative estimate of drug-likeness (QED) is 0.176. The molecule has 0 aliphatic carbocycles. The molecule has 1 saturated heterocycles. The number of ether oxygens (including phenoxy) is 2. The molecule has 38 heavy (non-hydrogen) atoms. The van der Waals surface area contributed by atoms with Crippen LogP contribution in [0.5, 0.6) is 5.75 Å². The van der Waals surface area contributed by atoms with Crippen LogP contribution in [0.25, 0.3) is 16.8 Å². The zero-order chi connectivity index (χ0) is 26.6. The van der Waals surface area contributed by atoms with Crippen LogP contribution in [-0.2, 0) is 16.1 Å². The summed E-state index contributed by atoms with van der Waals surface area (Å²) in [4.78, 5) is 31.8. The van der Waals surface area contributed by atoms with Crippen molar-refractivity contribution in [2.45, 2.75) is 6.61 Å². The van der Waals surface area contributed by atoms with E-state index in [1.807, 2.05) is 66.7 Å². The van der Waals surface area contributed by atoms with Gasteiger partial charge in [-0.3, -0.25) is 9.69 Å². The maximum Gasteiger partial charge on any atom is 0.337 e. The molecule has 0 radical (unpaired) electrons. The van der Waals surface area contributed by atoms with Gasteiger partial charge in [-0.25, -0.2) is 9.79 Å². The summed E-state index contributed by atoms with van der Waals surface area (Å²) in [7, 11) is 3.02. The van der Waals surface area contributed by atoms with Gasteiger partial charge in [-0.15, -0.1) is 0 Å². The average molecular weight is 587 g/mol. The molecule has 5 rings (SSSR count). The summed E-state index contributed by atoms with van der Waals surface area (Å²) < 4.78 is 12.1. The van der Waals surface area contributed by atoms with Gasteiger partial charge in [0, 0.05) is 17.1 Å². The summed E-state index contributed by atoms with van der Waals surface area (Å²) in [5.74, 6) is 0.0822. The Morgan fingerprint density at radius 3 is 2.61 bits per heavy atom. The summed E-state index contributed by atoms with van der Waals surface area (Å²) in [6.07, 6.45) is 1.87. The number of esters is 1. The second-order valence-electron chi connectivity index (χ2n) is 8.52. The Hall–Kier alpha value is -3.88. The number of fused-ring (bicyclic) bond motifs is 1. The minimum atomic E-state index is -0.442. The summed E-state index contributed by atoms with van der Waals surface area (Å²) in [6.45, 7) is 0.395. The Labute approximate surface area is 233 Å². The van der Waals surface area contributed by atoms with E-state index in [0.717, 1.165) is 26.4 Å². The first-order valence-corrected chi connectivity index (χ1v) is 13.4. The van der Waals surface area contributed by atoms with Crippen molar-refractivity contribution >= 4 is 67.3 Å². The van der Waals surface area contributed by atoms with E-state index in [1.54, 1.807) is 31.3 Å². The van der Waals surface area contributed by atoms with Crippen molar-refractivity contribution in [3.05, 3.63) is 111 Å². The van der Waals surface area contributed by atoms with Gasteiger partial charge in [-0.2, -0.15) is 0 Å². The van der Waals surface area contributed by atoms with Gasteiger partial charge in [0.2, 0.25) is 0 Å². The first-order valence-electron chi connectivity index (χ1n) is 11.8. The number of amidine groups is 1. The molecule has 4 aromatic carbocycles. The van der Waals surface area contributed by atoms with Crippen LogP contribution in [0.2, 0.25) is 0 Å². The summed E-state index contributed by atoms with van der Waals surface area (Å²) >= 11 is 4.74. The van der Waals surface area contributed by atoms with Crippen molar-refractivity contribution in [1.82, 2.24) is 4.90 Å². The normalized spacial score (nSPS) is 15.4. The van der Waals surface area contributed by atoms with Crippen molar-refractivity contribution in [2.75, 3.05) is 14.2 Å². The molecule has 4 aromatic rings. The average Bonchev–Trinajstić information content (AvgIpc) is 3.20.